The molecule has 0 spiro atoms. The third kappa shape index (κ3) is 1.71. The zero-order valence-electron chi connectivity index (χ0n) is 5.77. The highest BCUT2D eigenvalue weighted by Gasteiger charge is 1.97. The van der Waals surface area contributed by atoms with Crippen LogP contribution in [0.25, 0.3) is 0 Å². The summed E-state index contributed by atoms with van der Waals surface area (Å²) in [6, 6.07) is 2.04. The van der Waals surface area contributed by atoms with E-state index in [0.29, 0.717) is 6.54 Å². The molecule has 56 valence electrons. The molecule has 0 aromatic carbocycles. The molecule has 0 N–H and O–H groups in total. The highest BCUT2D eigenvalue weighted by molar-refractivity contribution is 14.1. The van der Waals surface area contributed by atoms with E-state index >= 15 is 0 Å². The number of hydrogen-bond acceptors (Lipinski definition) is 0. The lowest BCUT2D eigenvalue weighted by Gasteiger charge is -1.99. The zero-order valence-corrected chi connectivity index (χ0v) is 7.93. The van der Waals surface area contributed by atoms with Crippen LogP contribution in [0.5, 0.6) is 0 Å². The number of rotatable bonds is 2. The maximum Gasteiger partial charge on any atom is 0.107 e. The minimum Gasteiger partial charge on any atom is -0.348 e. The van der Waals surface area contributed by atoms with Gasteiger partial charge >= 0.3 is 0 Å². The van der Waals surface area contributed by atoms with Gasteiger partial charge in [0.05, 0.1) is 6.54 Å². The van der Waals surface area contributed by atoms with Crippen LogP contribution in [0.15, 0.2) is 12.3 Å². The second-order valence-electron chi connectivity index (χ2n) is 2.18. The highest BCUT2D eigenvalue weighted by Crippen LogP contribution is 2.09. The van der Waals surface area contributed by atoms with E-state index in [2.05, 4.69) is 22.6 Å². The number of halogens is 2. The van der Waals surface area contributed by atoms with Crippen LogP contribution < -0.4 is 0 Å². The van der Waals surface area contributed by atoms with Gasteiger partial charge in [-0.25, -0.2) is 4.39 Å². The molecule has 0 atom stereocenters. The largest absolute Gasteiger partial charge is 0.348 e. The summed E-state index contributed by atoms with van der Waals surface area (Å²) >= 11 is 2.22. The van der Waals surface area contributed by atoms with Crippen molar-refractivity contribution in [1.82, 2.24) is 4.57 Å². The average molecular weight is 253 g/mol. The number of hydrogen-bond donors (Lipinski definition) is 0. The molecule has 0 aliphatic carbocycles. The Bertz CT molecular complexity index is 219. The average Bonchev–Trinajstić information content (AvgIpc) is 2.13. The molecule has 0 amide bonds. The van der Waals surface area contributed by atoms with Crippen LogP contribution in [0.3, 0.4) is 0 Å². The Morgan fingerprint density at radius 1 is 1.70 bits per heavy atom. The first-order valence-corrected chi connectivity index (χ1v) is 4.20. The predicted molar refractivity (Wildman–Crippen MR) is 47.9 cm³/mol. The Balaban J connectivity index is 2.81. The van der Waals surface area contributed by atoms with Crippen LogP contribution in [0.4, 0.5) is 4.39 Å². The van der Waals surface area contributed by atoms with E-state index in [1.165, 1.54) is 3.57 Å². The molecule has 0 radical (unpaired) electrons. The third-order valence-corrected chi connectivity index (χ3v) is 1.99. The van der Waals surface area contributed by atoms with E-state index < -0.39 is 0 Å². The van der Waals surface area contributed by atoms with Crippen molar-refractivity contribution < 1.29 is 4.39 Å². The molecule has 1 nitrogen and oxygen atoms in total. The molecule has 3 heteroatoms. The van der Waals surface area contributed by atoms with E-state index in [1.807, 2.05) is 23.8 Å². The Morgan fingerprint density at radius 2 is 2.40 bits per heavy atom. The van der Waals surface area contributed by atoms with E-state index in [0.717, 1.165) is 5.69 Å². The van der Waals surface area contributed by atoms with E-state index in [-0.39, 0.29) is 6.67 Å². The minimum absolute atomic E-state index is 0.286. The molecular formula is C7H9FIN. The van der Waals surface area contributed by atoms with Gasteiger partial charge in [-0.2, -0.15) is 0 Å². The second kappa shape index (κ2) is 3.37. The van der Waals surface area contributed by atoms with Gasteiger partial charge in [0.25, 0.3) is 0 Å². The van der Waals surface area contributed by atoms with E-state index in [9.17, 15) is 4.39 Å². The minimum atomic E-state index is -0.286. The Kier molecular flexibility index (Phi) is 2.71. The van der Waals surface area contributed by atoms with Gasteiger partial charge in [0.15, 0.2) is 0 Å². The Morgan fingerprint density at radius 3 is 2.80 bits per heavy atom. The standard InChI is InChI=1S/C7H9FIN/c1-6-4-7(9)5-10(6)3-2-8/h4-5H,2-3H2,1H3. The summed E-state index contributed by atoms with van der Waals surface area (Å²) in [7, 11) is 0. The van der Waals surface area contributed by atoms with Crippen LogP contribution in [0.1, 0.15) is 5.69 Å². The molecule has 1 rings (SSSR count). The van der Waals surface area contributed by atoms with Gasteiger partial charge in [0, 0.05) is 15.5 Å². The second-order valence-corrected chi connectivity index (χ2v) is 3.43. The van der Waals surface area contributed by atoms with Gasteiger partial charge in [0.1, 0.15) is 6.67 Å². The number of aryl methyl sites for hydroxylation is 2. The van der Waals surface area contributed by atoms with Crippen molar-refractivity contribution in [2.24, 2.45) is 0 Å². The highest BCUT2D eigenvalue weighted by atomic mass is 127. The van der Waals surface area contributed by atoms with Crippen LogP contribution in [0, 0.1) is 10.5 Å². The molecule has 1 heterocycles. The molecular weight excluding hydrogens is 244 g/mol. The van der Waals surface area contributed by atoms with Gasteiger partial charge in [0.2, 0.25) is 0 Å². The van der Waals surface area contributed by atoms with Gasteiger partial charge in [-0.15, -0.1) is 0 Å². The maximum atomic E-state index is 11.8. The molecule has 1 aromatic rings. The van der Waals surface area contributed by atoms with E-state index in [1.54, 1.807) is 0 Å². The normalized spacial score (nSPS) is 10.3. The van der Waals surface area contributed by atoms with Gasteiger partial charge < -0.3 is 4.57 Å². The maximum absolute atomic E-state index is 11.8. The predicted octanol–water partition coefficient (Wildman–Crippen LogP) is 2.37. The molecule has 10 heavy (non-hydrogen) atoms. The Labute approximate surface area is 73.4 Å². The van der Waals surface area contributed by atoms with Crippen molar-refractivity contribution >= 4 is 22.6 Å². The van der Waals surface area contributed by atoms with Crippen LogP contribution >= 0.6 is 22.6 Å². The van der Waals surface area contributed by atoms with Crippen molar-refractivity contribution in [2.45, 2.75) is 13.5 Å². The van der Waals surface area contributed by atoms with Crippen molar-refractivity contribution in [2.75, 3.05) is 6.67 Å². The molecule has 1 aromatic heterocycles. The summed E-state index contributed by atoms with van der Waals surface area (Å²) in [5.74, 6) is 0. The van der Waals surface area contributed by atoms with Crippen molar-refractivity contribution in [1.29, 1.82) is 0 Å². The zero-order chi connectivity index (χ0) is 7.56. The van der Waals surface area contributed by atoms with Crippen LogP contribution in [-0.4, -0.2) is 11.2 Å². The summed E-state index contributed by atoms with van der Waals surface area (Å²) in [4.78, 5) is 0. The smallest absolute Gasteiger partial charge is 0.107 e. The Hall–Kier alpha value is -0.0600. The molecule has 0 aliphatic heterocycles. The topological polar surface area (TPSA) is 4.93 Å². The molecule has 0 saturated heterocycles. The first-order chi connectivity index (χ1) is 4.74. The lowest BCUT2D eigenvalue weighted by molar-refractivity contribution is 0.443. The molecule has 0 saturated carbocycles. The van der Waals surface area contributed by atoms with Crippen LogP contribution in [0.2, 0.25) is 0 Å². The number of nitrogens with zero attached hydrogens (tertiary/aromatic N) is 1. The number of alkyl halides is 1. The number of aromatic nitrogens is 1. The lowest BCUT2D eigenvalue weighted by atomic mass is 10.5. The van der Waals surface area contributed by atoms with Crippen LogP contribution in [-0.2, 0) is 6.54 Å². The van der Waals surface area contributed by atoms with Crippen molar-refractivity contribution in [3.05, 3.63) is 21.5 Å². The fourth-order valence-corrected chi connectivity index (χ4v) is 1.69. The molecule has 0 aliphatic rings. The van der Waals surface area contributed by atoms with Crippen molar-refractivity contribution in [3.8, 4) is 0 Å². The summed E-state index contributed by atoms with van der Waals surface area (Å²) in [5.41, 5.74) is 1.13. The lowest BCUT2D eigenvalue weighted by Crippen LogP contribution is -1.98. The fraction of sp³-hybridized carbons (Fsp3) is 0.429. The molecule has 0 bridgehead atoms. The monoisotopic (exact) mass is 253 g/mol. The summed E-state index contributed by atoms with van der Waals surface area (Å²) in [6.45, 7) is 2.18. The van der Waals surface area contributed by atoms with Crippen molar-refractivity contribution in [3.63, 3.8) is 0 Å². The quantitative estimate of drug-likeness (QED) is 0.713. The fourth-order valence-electron chi connectivity index (χ4n) is 0.902. The summed E-state index contributed by atoms with van der Waals surface area (Å²) < 4.78 is 14.9. The first kappa shape index (κ1) is 8.04. The SMILES string of the molecule is Cc1cc(I)cn1CCF. The summed E-state index contributed by atoms with van der Waals surface area (Å²) in [6.07, 6.45) is 1.95. The third-order valence-electron chi connectivity index (χ3n) is 1.40. The van der Waals surface area contributed by atoms with Gasteiger partial charge in [-0.3, -0.25) is 0 Å². The molecule has 0 fully saturated rings. The summed E-state index contributed by atoms with van der Waals surface area (Å²) in [5, 5.41) is 0. The van der Waals surface area contributed by atoms with Gasteiger partial charge in [-0.05, 0) is 35.6 Å². The van der Waals surface area contributed by atoms with E-state index in [4.69, 9.17) is 0 Å². The van der Waals surface area contributed by atoms with Gasteiger partial charge in [-0.1, -0.05) is 0 Å². The molecule has 0 unspecified atom stereocenters. The first-order valence-electron chi connectivity index (χ1n) is 3.12.